The molecule has 0 radical (unpaired) electrons. The molecule has 0 fully saturated rings. The Morgan fingerprint density at radius 3 is 1.88 bits per heavy atom. The number of methoxy groups -OCH3 is 2. The number of anilines is 3. The maximum absolute atomic E-state index is 5.39. The highest BCUT2D eigenvalue weighted by Crippen LogP contribution is 2.26. The number of nitrogens with zero attached hydrogens (tertiary/aromatic N) is 1. The van der Waals surface area contributed by atoms with Crippen molar-refractivity contribution in [2.24, 2.45) is 0 Å². The Balaban J connectivity index is 2.03. The van der Waals surface area contributed by atoms with E-state index in [2.05, 4.69) is 41.5 Å². The molecule has 0 bridgehead atoms. The number of benzene rings is 2. The summed E-state index contributed by atoms with van der Waals surface area (Å²) in [5, 5.41) is 6.84. The first-order chi connectivity index (χ1) is 12.1. The lowest BCUT2D eigenvalue weighted by Gasteiger charge is -2.21. The van der Waals surface area contributed by atoms with E-state index in [-0.39, 0.29) is 0 Å². The summed E-state index contributed by atoms with van der Waals surface area (Å²) in [6, 6.07) is 13.8. The second-order valence-electron chi connectivity index (χ2n) is 5.40. The first-order valence-corrected chi connectivity index (χ1v) is 8.66. The minimum absolute atomic E-state index is 0.505. The summed E-state index contributed by atoms with van der Waals surface area (Å²) in [6.45, 7) is 6.27. The Labute approximate surface area is 154 Å². The Kier molecular flexibility index (Phi) is 6.89. The van der Waals surface area contributed by atoms with Crippen molar-refractivity contribution in [3.05, 3.63) is 42.5 Å². The summed E-state index contributed by atoms with van der Waals surface area (Å²) in [4.78, 5) is 2.29. The van der Waals surface area contributed by atoms with Gasteiger partial charge in [-0.05, 0) is 50.3 Å². The predicted molar refractivity (Wildman–Crippen MR) is 109 cm³/mol. The van der Waals surface area contributed by atoms with E-state index in [1.54, 1.807) is 14.2 Å². The molecule has 0 saturated carbocycles. The van der Waals surface area contributed by atoms with E-state index in [1.165, 1.54) is 5.69 Å². The maximum Gasteiger partial charge on any atom is 0.175 e. The van der Waals surface area contributed by atoms with Gasteiger partial charge in [0.05, 0.1) is 14.2 Å². The molecule has 25 heavy (non-hydrogen) atoms. The summed E-state index contributed by atoms with van der Waals surface area (Å²) in [6.07, 6.45) is 0. The fraction of sp³-hybridized carbons (Fsp3) is 0.316. The third-order valence-electron chi connectivity index (χ3n) is 3.86. The number of ether oxygens (including phenoxy) is 2. The SMILES string of the molecule is CCN(CC)c1ccc(NC(=S)Nc2cc(OC)cc(OC)c2)cc1. The molecule has 0 unspecified atom stereocenters. The number of thiocarbonyl (C=S) groups is 1. The highest BCUT2D eigenvalue weighted by Gasteiger charge is 2.05. The zero-order valence-corrected chi connectivity index (χ0v) is 15.9. The third-order valence-corrected chi connectivity index (χ3v) is 4.07. The second kappa shape index (κ2) is 9.13. The van der Waals surface area contributed by atoms with Crippen LogP contribution < -0.4 is 25.0 Å². The summed E-state index contributed by atoms with van der Waals surface area (Å²) in [5.74, 6) is 1.40. The maximum atomic E-state index is 5.39. The van der Waals surface area contributed by atoms with Gasteiger partial charge in [0.1, 0.15) is 11.5 Å². The monoisotopic (exact) mass is 359 g/mol. The van der Waals surface area contributed by atoms with Gasteiger partial charge in [0.15, 0.2) is 5.11 Å². The summed E-state index contributed by atoms with van der Waals surface area (Å²) in [7, 11) is 3.24. The molecule has 2 aromatic rings. The van der Waals surface area contributed by atoms with Crippen molar-refractivity contribution in [1.82, 2.24) is 0 Å². The first-order valence-electron chi connectivity index (χ1n) is 8.25. The lowest BCUT2D eigenvalue weighted by atomic mass is 10.2. The number of hydrogen-bond acceptors (Lipinski definition) is 4. The van der Waals surface area contributed by atoms with E-state index in [9.17, 15) is 0 Å². The molecule has 0 amide bonds. The van der Waals surface area contributed by atoms with Crippen LogP contribution in [-0.2, 0) is 0 Å². The van der Waals surface area contributed by atoms with Crippen molar-refractivity contribution in [2.75, 3.05) is 42.8 Å². The van der Waals surface area contributed by atoms with Crippen molar-refractivity contribution in [1.29, 1.82) is 0 Å². The van der Waals surface area contributed by atoms with Crippen LogP contribution in [0.4, 0.5) is 17.1 Å². The van der Waals surface area contributed by atoms with Gasteiger partial charge in [-0.3, -0.25) is 0 Å². The van der Waals surface area contributed by atoms with Gasteiger partial charge in [0, 0.05) is 48.4 Å². The molecular weight excluding hydrogens is 334 g/mol. The topological polar surface area (TPSA) is 45.8 Å². The van der Waals surface area contributed by atoms with Crippen LogP contribution in [0, 0.1) is 0 Å². The predicted octanol–water partition coefficient (Wildman–Crippen LogP) is 4.36. The average molecular weight is 359 g/mol. The average Bonchev–Trinajstić information content (AvgIpc) is 2.63. The van der Waals surface area contributed by atoms with Crippen LogP contribution in [0.5, 0.6) is 11.5 Å². The van der Waals surface area contributed by atoms with Gasteiger partial charge in [-0.2, -0.15) is 0 Å². The molecule has 0 saturated heterocycles. The van der Waals surface area contributed by atoms with Gasteiger partial charge in [0.2, 0.25) is 0 Å². The van der Waals surface area contributed by atoms with Crippen LogP contribution in [0.25, 0.3) is 0 Å². The number of nitrogens with one attached hydrogen (secondary N) is 2. The van der Waals surface area contributed by atoms with Gasteiger partial charge in [-0.15, -0.1) is 0 Å². The van der Waals surface area contributed by atoms with Crippen LogP contribution >= 0.6 is 12.2 Å². The smallest absolute Gasteiger partial charge is 0.175 e. The Morgan fingerprint density at radius 1 is 0.880 bits per heavy atom. The largest absolute Gasteiger partial charge is 0.497 e. The van der Waals surface area contributed by atoms with E-state index < -0.39 is 0 Å². The van der Waals surface area contributed by atoms with Crippen molar-refractivity contribution >= 4 is 34.4 Å². The zero-order valence-electron chi connectivity index (χ0n) is 15.1. The number of rotatable bonds is 7. The van der Waals surface area contributed by atoms with Crippen LogP contribution in [-0.4, -0.2) is 32.4 Å². The molecule has 0 aliphatic carbocycles. The molecule has 0 aliphatic heterocycles. The van der Waals surface area contributed by atoms with E-state index in [4.69, 9.17) is 21.7 Å². The third kappa shape index (κ3) is 5.26. The van der Waals surface area contributed by atoms with Crippen molar-refractivity contribution in [2.45, 2.75) is 13.8 Å². The molecular formula is C19H25N3O2S. The molecule has 0 heterocycles. The summed E-state index contributed by atoms with van der Waals surface area (Å²) in [5.41, 5.74) is 2.93. The van der Waals surface area contributed by atoms with Crippen molar-refractivity contribution in [3.8, 4) is 11.5 Å². The Bertz CT molecular complexity index is 678. The van der Waals surface area contributed by atoms with Crippen LogP contribution in [0.1, 0.15) is 13.8 Å². The van der Waals surface area contributed by atoms with E-state index in [1.807, 2.05) is 30.3 Å². The molecule has 2 N–H and O–H groups in total. The first kappa shape index (κ1) is 18.9. The normalized spacial score (nSPS) is 10.1. The number of hydrogen-bond donors (Lipinski definition) is 2. The standard InChI is InChI=1S/C19H25N3O2S/c1-5-22(6-2)16-9-7-14(8-10-16)20-19(25)21-15-11-17(23-3)13-18(12-15)24-4/h7-13H,5-6H2,1-4H3,(H2,20,21,25). The van der Waals surface area contributed by atoms with Crippen molar-refractivity contribution in [3.63, 3.8) is 0 Å². The molecule has 0 atom stereocenters. The fourth-order valence-electron chi connectivity index (χ4n) is 2.52. The van der Waals surface area contributed by atoms with Crippen LogP contribution in [0.15, 0.2) is 42.5 Å². The minimum atomic E-state index is 0.505. The van der Waals surface area contributed by atoms with E-state index in [0.717, 1.165) is 24.5 Å². The van der Waals surface area contributed by atoms with Gasteiger partial charge in [-0.1, -0.05) is 0 Å². The molecule has 6 heteroatoms. The van der Waals surface area contributed by atoms with Crippen LogP contribution in [0.3, 0.4) is 0 Å². The molecule has 5 nitrogen and oxygen atoms in total. The van der Waals surface area contributed by atoms with Gasteiger partial charge >= 0.3 is 0 Å². The molecule has 0 aromatic heterocycles. The molecule has 134 valence electrons. The van der Waals surface area contributed by atoms with Gasteiger partial charge < -0.3 is 25.0 Å². The zero-order chi connectivity index (χ0) is 18.2. The molecule has 0 spiro atoms. The van der Waals surface area contributed by atoms with E-state index >= 15 is 0 Å². The summed E-state index contributed by atoms with van der Waals surface area (Å²) < 4.78 is 10.5. The lowest BCUT2D eigenvalue weighted by Crippen LogP contribution is -2.22. The second-order valence-corrected chi connectivity index (χ2v) is 5.81. The molecule has 2 rings (SSSR count). The van der Waals surface area contributed by atoms with Crippen LogP contribution in [0.2, 0.25) is 0 Å². The lowest BCUT2D eigenvalue weighted by molar-refractivity contribution is 0.395. The van der Waals surface area contributed by atoms with Gasteiger partial charge in [0.25, 0.3) is 0 Å². The molecule has 2 aromatic carbocycles. The Hall–Kier alpha value is -2.47. The summed E-state index contributed by atoms with van der Waals surface area (Å²) >= 11 is 5.39. The Morgan fingerprint density at radius 2 is 1.40 bits per heavy atom. The molecule has 0 aliphatic rings. The quantitative estimate of drug-likeness (QED) is 0.716. The van der Waals surface area contributed by atoms with E-state index in [0.29, 0.717) is 16.6 Å². The van der Waals surface area contributed by atoms with Crippen molar-refractivity contribution < 1.29 is 9.47 Å². The highest BCUT2D eigenvalue weighted by molar-refractivity contribution is 7.80. The minimum Gasteiger partial charge on any atom is -0.497 e. The highest BCUT2D eigenvalue weighted by atomic mass is 32.1. The van der Waals surface area contributed by atoms with Gasteiger partial charge in [-0.25, -0.2) is 0 Å². The fourth-order valence-corrected chi connectivity index (χ4v) is 2.75.